The Labute approximate surface area is 113 Å². The van der Waals surface area contributed by atoms with Crippen LogP contribution >= 0.6 is 0 Å². The van der Waals surface area contributed by atoms with Crippen LogP contribution in [0.2, 0.25) is 0 Å². The second kappa shape index (κ2) is 4.63. The molecule has 0 aromatic carbocycles. The Balaban J connectivity index is 2.08. The number of hydrogen-bond donors (Lipinski definition) is 4. The molecular formula is C11H15N5O4. The molecule has 0 radical (unpaired) electrons. The van der Waals surface area contributed by atoms with Crippen molar-refractivity contribution in [3.05, 3.63) is 12.7 Å². The SMILES string of the molecule is Nc1ncnc2c1ncn2[C@@H]1O[C@H](CO)C[C@]1(O)CO. The molecule has 1 fully saturated rings. The molecule has 20 heavy (non-hydrogen) atoms. The van der Waals surface area contributed by atoms with E-state index in [4.69, 9.17) is 10.5 Å². The smallest absolute Gasteiger partial charge is 0.168 e. The molecule has 108 valence electrons. The number of anilines is 1. The predicted molar refractivity (Wildman–Crippen MR) is 67.4 cm³/mol. The molecule has 0 bridgehead atoms. The summed E-state index contributed by atoms with van der Waals surface area (Å²) in [5, 5.41) is 29.1. The fraction of sp³-hybridized carbons (Fsp3) is 0.545. The second-order valence-corrected chi connectivity index (χ2v) is 4.84. The summed E-state index contributed by atoms with van der Waals surface area (Å²) < 4.78 is 7.06. The van der Waals surface area contributed by atoms with Gasteiger partial charge in [-0.05, 0) is 0 Å². The molecule has 1 aliphatic heterocycles. The lowest BCUT2D eigenvalue weighted by molar-refractivity contribution is -0.113. The van der Waals surface area contributed by atoms with Crippen LogP contribution in [0.15, 0.2) is 12.7 Å². The molecule has 0 saturated carbocycles. The van der Waals surface area contributed by atoms with Gasteiger partial charge in [0.1, 0.15) is 17.4 Å². The third-order valence-corrected chi connectivity index (χ3v) is 3.48. The molecule has 9 nitrogen and oxygen atoms in total. The molecule has 1 saturated heterocycles. The lowest BCUT2D eigenvalue weighted by Crippen LogP contribution is -2.39. The first-order valence-electron chi connectivity index (χ1n) is 6.11. The van der Waals surface area contributed by atoms with E-state index in [-0.39, 0.29) is 18.8 Å². The van der Waals surface area contributed by atoms with Gasteiger partial charge in [0.15, 0.2) is 17.7 Å². The van der Waals surface area contributed by atoms with Gasteiger partial charge in [0.2, 0.25) is 0 Å². The number of rotatable bonds is 3. The fourth-order valence-electron chi connectivity index (χ4n) is 2.47. The summed E-state index contributed by atoms with van der Waals surface area (Å²) in [5.41, 5.74) is 4.98. The van der Waals surface area contributed by atoms with Crippen molar-refractivity contribution in [2.24, 2.45) is 0 Å². The third kappa shape index (κ3) is 1.83. The summed E-state index contributed by atoms with van der Waals surface area (Å²) >= 11 is 0. The Morgan fingerprint density at radius 2 is 2.20 bits per heavy atom. The lowest BCUT2D eigenvalue weighted by atomic mass is 9.99. The number of hydrogen-bond acceptors (Lipinski definition) is 8. The zero-order valence-electron chi connectivity index (χ0n) is 10.5. The number of nitrogens with zero attached hydrogens (tertiary/aromatic N) is 4. The maximum Gasteiger partial charge on any atom is 0.168 e. The molecule has 0 unspecified atom stereocenters. The van der Waals surface area contributed by atoms with Crippen LogP contribution in [0.1, 0.15) is 12.6 Å². The van der Waals surface area contributed by atoms with Crippen molar-refractivity contribution in [2.75, 3.05) is 18.9 Å². The van der Waals surface area contributed by atoms with E-state index < -0.39 is 24.5 Å². The van der Waals surface area contributed by atoms with Crippen LogP contribution in [0.5, 0.6) is 0 Å². The summed E-state index contributed by atoms with van der Waals surface area (Å²) in [6, 6.07) is 0. The molecule has 2 aromatic rings. The van der Waals surface area contributed by atoms with Crippen molar-refractivity contribution in [3.63, 3.8) is 0 Å². The zero-order chi connectivity index (χ0) is 14.3. The molecule has 3 atom stereocenters. The van der Waals surface area contributed by atoms with E-state index in [1.807, 2.05) is 0 Å². The van der Waals surface area contributed by atoms with Crippen molar-refractivity contribution in [1.82, 2.24) is 19.5 Å². The molecule has 9 heteroatoms. The summed E-state index contributed by atoms with van der Waals surface area (Å²) in [6.07, 6.45) is 1.36. The van der Waals surface area contributed by atoms with Crippen LogP contribution in [0, 0.1) is 0 Å². The number of fused-ring (bicyclic) bond motifs is 1. The van der Waals surface area contributed by atoms with E-state index in [2.05, 4.69) is 15.0 Å². The summed E-state index contributed by atoms with van der Waals surface area (Å²) in [6.45, 7) is -0.753. The highest BCUT2D eigenvalue weighted by molar-refractivity contribution is 5.81. The van der Waals surface area contributed by atoms with E-state index in [0.29, 0.717) is 11.2 Å². The van der Waals surface area contributed by atoms with Crippen LogP contribution in [0.25, 0.3) is 11.2 Å². The Morgan fingerprint density at radius 1 is 1.40 bits per heavy atom. The van der Waals surface area contributed by atoms with Gasteiger partial charge in [-0.2, -0.15) is 0 Å². The van der Waals surface area contributed by atoms with Crippen LogP contribution in [0.3, 0.4) is 0 Å². The maximum atomic E-state index is 10.5. The van der Waals surface area contributed by atoms with Gasteiger partial charge in [-0.1, -0.05) is 0 Å². The highest BCUT2D eigenvalue weighted by atomic mass is 16.5. The normalized spacial score (nSPS) is 30.1. The zero-order valence-corrected chi connectivity index (χ0v) is 10.5. The number of nitrogen functional groups attached to an aromatic ring is 1. The van der Waals surface area contributed by atoms with E-state index in [9.17, 15) is 15.3 Å². The van der Waals surface area contributed by atoms with Gasteiger partial charge in [0, 0.05) is 6.42 Å². The molecule has 3 rings (SSSR count). The van der Waals surface area contributed by atoms with E-state index in [1.54, 1.807) is 0 Å². The predicted octanol–water partition coefficient (Wildman–Crippen LogP) is -1.59. The Morgan fingerprint density at radius 3 is 2.90 bits per heavy atom. The number of aliphatic hydroxyl groups excluding tert-OH is 2. The Hall–Kier alpha value is -1.81. The highest BCUT2D eigenvalue weighted by Gasteiger charge is 2.48. The number of ether oxygens (including phenoxy) is 1. The van der Waals surface area contributed by atoms with E-state index in [1.165, 1.54) is 17.2 Å². The first-order valence-corrected chi connectivity index (χ1v) is 6.11. The van der Waals surface area contributed by atoms with Crippen molar-refractivity contribution < 1.29 is 20.1 Å². The molecular weight excluding hydrogens is 266 g/mol. The molecule has 0 aliphatic carbocycles. The average molecular weight is 281 g/mol. The topological polar surface area (TPSA) is 140 Å². The van der Waals surface area contributed by atoms with Gasteiger partial charge >= 0.3 is 0 Å². The van der Waals surface area contributed by atoms with Gasteiger partial charge in [-0.3, -0.25) is 4.57 Å². The molecule has 2 aromatic heterocycles. The van der Waals surface area contributed by atoms with E-state index in [0.717, 1.165) is 0 Å². The number of imidazole rings is 1. The summed E-state index contributed by atoms with van der Waals surface area (Å²) in [5.74, 6) is 0.220. The highest BCUT2D eigenvalue weighted by Crippen LogP contribution is 2.39. The molecule has 0 spiro atoms. The second-order valence-electron chi connectivity index (χ2n) is 4.84. The van der Waals surface area contributed by atoms with Gasteiger partial charge in [-0.15, -0.1) is 0 Å². The minimum atomic E-state index is -1.51. The van der Waals surface area contributed by atoms with Crippen LogP contribution in [-0.2, 0) is 4.74 Å². The number of aliphatic hydroxyl groups is 3. The first kappa shape index (κ1) is 13.2. The van der Waals surface area contributed by atoms with Crippen LogP contribution < -0.4 is 5.73 Å². The van der Waals surface area contributed by atoms with Crippen molar-refractivity contribution >= 4 is 17.0 Å². The quantitative estimate of drug-likeness (QED) is 0.528. The van der Waals surface area contributed by atoms with Gasteiger partial charge in [0.25, 0.3) is 0 Å². The summed E-state index contributed by atoms with van der Waals surface area (Å²) in [7, 11) is 0. The third-order valence-electron chi connectivity index (χ3n) is 3.48. The molecule has 1 aliphatic rings. The van der Waals surface area contributed by atoms with Gasteiger partial charge in [-0.25, -0.2) is 15.0 Å². The molecule has 5 N–H and O–H groups in total. The van der Waals surface area contributed by atoms with Gasteiger partial charge in [0.05, 0.1) is 25.6 Å². The number of aromatic nitrogens is 4. The summed E-state index contributed by atoms with van der Waals surface area (Å²) in [4.78, 5) is 12.0. The standard InChI is InChI=1S/C11H15N5O4/c12-8-7-9(14-4-13-8)16(5-15-7)10-11(19,3-18)1-6(2-17)20-10/h4-6,10,17-19H,1-3H2,(H2,12,13,14)/t6-,10+,11-/m0/s1. The number of nitrogens with two attached hydrogens (primary N) is 1. The Kier molecular flexibility index (Phi) is 3.05. The van der Waals surface area contributed by atoms with Crippen molar-refractivity contribution in [2.45, 2.75) is 24.4 Å². The Bertz CT molecular complexity index is 632. The largest absolute Gasteiger partial charge is 0.394 e. The first-order chi connectivity index (χ1) is 9.59. The minimum absolute atomic E-state index is 0.116. The van der Waals surface area contributed by atoms with Gasteiger partial charge < -0.3 is 25.8 Å². The van der Waals surface area contributed by atoms with Crippen LogP contribution in [-0.4, -0.2) is 59.8 Å². The van der Waals surface area contributed by atoms with Crippen molar-refractivity contribution in [1.29, 1.82) is 0 Å². The lowest BCUT2D eigenvalue weighted by Gasteiger charge is -2.26. The van der Waals surface area contributed by atoms with Crippen molar-refractivity contribution in [3.8, 4) is 0 Å². The fourth-order valence-corrected chi connectivity index (χ4v) is 2.47. The van der Waals surface area contributed by atoms with Crippen LogP contribution in [0.4, 0.5) is 5.82 Å². The average Bonchev–Trinajstić information content (AvgIpc) is 3.01. The molecule has 0 amide bonds. The van der Waals surface area contributed by atoms with E-state index >= 15 is 0 Å². The minimum Gasteiger partial charge on any atom is -0.394 e. The molecule has 3 heterocycles. The maximum absolute atomic E-state index is 10.5. The monoisotopic (exact) mass is 281 g/mol.